The number of fused-ring (bicyclic) bond motifs is 3. The Morgan fingerprint density at radius 1 is 0.889 bits per heavy atom. The van der Waals surface area contributed by atoms with E-state index < -0.39 is 17.0 Å². The minimum absolute atomic E-state index is 0.0573. The predicted octanol–water partition coefficient (Wildman–Crippen LogP) is 4.92. The van der Waals surface area contributed by atoms with Crippen LogP contribution in [-0.2, 0) is 9.53 Å². The van der Waals surface area contributed by atoms with E-state index in [2.05, 4.69) is 0 Å². The van der Waals surface area contributed by atoms with Gasteiger partial charge in [-0.15, -0.1) is 0 Å². The number of rotatable bonds is 4. The molecule has 132 valence electrons. The first-order valence-electron chi connectivity index (χ1n) is 8.45. The Balaban J connectivity index is 1.60. The zero-order valence-corrected chi connectivity index (χ0v) is 14.2. The number of carbonyl (C=O) groups excluding carboxylic acids is 1. The molecule has 0 atom stereocenters. The molecule has 0 unspecified atom stereocenters. The third kappa shape index (κ3) is 3.11. The lowest BCUT2D eigenvalue weighted by molar-refractivity contribution is -0.385. The SMILES string of the molecule is O=C(/C=C/c1ccccc1[N+](=O)[O-])OC1c2ccccc2-c2ccccc21. The molecular weight excluding hydrogens is 342 g/mol. The summed E-state index contributed by atoms with van der Waals surface area (Å²) >= 11 is 0. The lowest BCUT2D eigenvalue weighted by Crippen LogP contribution is -2.08. The molecule has 0 aliphatic heterocycles. The summed E-state index contributed by atoms with van der Waals surface area (Å²) in [6.07, 6.45) is 2.15. The van der Waals surface area contributed by atoms with Crippen molar-refractivity contribution in [3.8, 4) is 11.1 Å². The van der Waals surface area contributed by atoms with Crippen LogP contribution >= 0.6 is 0 Å². The number of hydrogen-bond acceptors (Lipinski definition) is 4. The van der Waals surface area contributed by atoms with E-state index in [1.54, 1.807) is 18.2 Å². The van der Waals surface area contributed by atoms with E-state index >= 15 is 0 Å². The highest BCUT2D eigenvalue weighted by molar-refractivity contribution is 5.89. The number of nitrogens with zero attached hydrogens (tertiary/aromatic N) is 1. The summed E-state index contributed by atoms with van der Waals surface area (Å²) in [6.45, 7) is 0. The minimum atomic E-state index is -0.551. The highest BCUT2D eigenvalue weighted by Crippen LogP contribution is 2.45. The van der Waals surface area contributed by atoms with Gasteiger partial charge >= 0.3 is 5.97 Å². The number of esters is 1. The fraction of sp³-hybridized carbons (Fsp3) is 0.0455. The molecule has 0 N–H and O–H groups in total. The monoisotopic (exact) mass is 357 g/mol. The maximum Gasteiger partial charge on any atom is 0.331 e. The molecule has 1 aliphatic carbocycles. The number of ether oxygens (including phenoxy) is 1. The molecule has 4 rings (SSSR count). The van der Waals surface area contributed by atoms with Gasteiger partial charge in [-0.05, 0) is 23.3 Å². The Kier molecular flexibility index (Phi) is 4.26. The van der Waals surface area contributed by atoms with Gasteiger partial charge in [0.1, 0.15) is 0 Å². The predicted molar refractivity (Wildman–Crippen MR) is 102 cm³/mol. The average molecular weight is 357 g/mol. The van der Waals surface area contributed by atoms with Crippen molar-refractivity contribution >= 4 is 17.7 Å². The standard InChI is InChI=1S/C22H15NO4/c24-21(14-13-15-7-1-6-12-20(15)23(25)26)27-22-18-10-4-2-8-16(18)17-9-3-5-11-19(17)22/h1-14,22H/b14-13+. The zero-order chi connectivity index (χ0) is 18.8. The van der Waals surface area contributed by atoms with E-state index in [0.29, 0.717) is 5.56 Å². The fourth-order valence-corrected chi connectivity index (χ4v) is 3.34. The van der Waals surface area contributed by atoms with Crippen molar-refractivity contribution < 1.29 is 14.5 Å². The topological polar surface area (TPSA) is 69.4 Å². The number of hydrogen-bond donors (Lipinski definition) is 0. The second-order valence-corrected chi connectivity index (χ2v) is 6.14. The molecule has 0 saturated heterocycles. The summed E-state index contributed by atoms with van der Waals surface area (Å²) in [7, 11) is 0. The largest absolute Gasteiger partial charge is 0.449 e. The molecule has 0 fully saturated rings. The van der Waals surface area contributed by atoms with E-state index in [4.69, 9.17) is 4.74 Å². The molecule has 0 amide bonds. The van der Waals surface area contributed by atoms with Gasteiger partial charge in [0.2, 0.25) is 0 Å². The van der Waals surface area contributed by atoms with Crippen LogP contribution in [0.15, 0.2) is 78.9 Å². The van der Waals surface area contributed by atoms with Gasteiger partial charge in [0.25, 0.3) is 5.69 Å². The van der Waals surface area contributed by atoms with Gasteiger partial charge in [-0.2, -0.15) is 0 Å². The van der Waals surface area contributed by atoms with Crippen molar-refractivity contribution in [2.45, 2.75) is 6.10 Å². The first kappa shape index (κ1) is 16.7. The third-order valence-electron chi connectivity index (χ3n) is 4.54. The first-order chi connectivity index (χ1) is 13.1. The zero-order valence-electron chi connectivity index (χ0n) is 14.2. The maximum atomic E-state index is 12.4. The quantitative estimate of drug-likeness (QED) is 0.288. The summed E-state index contributed by atoms with van der Waals surface area (Å²) < 4.78 is 5.69. The third-order valence-corrected chi connectivity index (χ3v) is 4.54. The lowest BCUT2D eigenvalue weighted by Gasteiger charge is -2.13. The van der Waals surface area contributed by atoms with Gasteiger partial charge in [-0.3, -0.25) is 10.1 Å². The summed E-state index contributed by atoms with van der Waals surface area (Å²) in [4.78, 5) is 23.0. The van der Waals surface area contributed by atoms with Crippen molar-refractivity contribution in [2.75, 3.05) is 0 Å². The minimum Gasteiger partial charge on any atom is -0.449 e. The Morgan fingerprint density at radius 2 is 1.44 bits per heavy atom. The van der Waals surface area contributed by atoms with Crippen LogP contribution in [0.5, 0.6) is 0 Å². The van der Waals surface area contributed by atoms with Crippen LogP contribution in [-0.4, -0.2) is 10.9 Å². The molecule has 1 aliphatic rings. The summed E-state index contributed by atoms with van der Waals surface area (Å²) in [5, 5.41) is 11.1. The van der Waals surface area contributed by atoms with E-state index in [1.807, 2.05) is 48.5 Å². The van der Waals surface area contributed by atoms with Crippen molar-refractivity contribution in [1.29, 1.82) is 0 Å². The molecule has 3 aromatic rings. The molecule has 0 aromatic heterocycles. The number of para-hydroxylation sites is 1. The van der Waals surface area contributed by atoms with Gasteiger partial charge in [-0.25, -0.2) is 4.79 Å². The summed E-state index contributed by atoms with van der Waals surface area (Å²) in [6, 6.07) is 21.9. The van der Waals surface area contributed by atoms with Crippen molar-refractivity contribution in [1.82, 2.24) is 0 Å². The molecule has 5 nitrogen and oxygen atoms in total. The first-order valence-corrected chi connectivity index (χ1v) is 8.45. The van der Waals surface area contributed by atoms with Gasteiger partial charge < -0.3 is 4.74 Å². The molecular formula is C22H15NO4. The van der Waals surface area contributed by atoms with Gasteiger partial charge in [-0.1, -0.05) is 60.7 Å². The van der Waals surface area contributed by atoms with Crippen LogP contribution in [0, 0.1) is 10.1 Å². The van der Waals surface area contributed by atoms with E-state index in [1.165, 1.54) is 18.2 Å². The number of nitro groups is 1. The molecule has 3 aromatic carbocycles. The molecule has 0 bridgehead atoms. The smallest absolute Gasteiger partial charge is 0.331 e. The highest BCUT2D eigenvalue weighted by atomic mass is 16.6. The van der Waals surface area contributed by atoms with Gasteiger partial charge in [0, 0.05) is 23.3 Å². The van der Waals surface area contributed by atoms with Crippen molar-refractivity contribution in [2.24, 2.45) is 0 Å². The van der Waals surface area contributed by atoms with Gasteiger partial charge in [0.05, 0.1) is 10.5 Å². The number of benzene rings is 3. The highest BCUT2D eigenvalue weighted by Gasteiger charge is 2.30. The molecule has 0 radical (unpaired) electrons. The van der Waals surface area contributed by atoms with Crippen LogP contribution in [0.4, 0.5) is 5.69 Å². The molecule has 0 heterocycles. The fourth-order valence-electron chi connectivity index (χ4n) is 3.34. The Morgan fingerprint density at radius 3 is 2.07 bits per heavy atom. The molecule has 27 heavy (non-hydrogen) atoms. The van der Waals surface area contributed by atoms with Crippen LogP contribution in [0.2, 0.25) is 0 Å². The second-order valence-electron chi connectivity index (χ2n) is 6.14. The number of carbonyl (C=O) groups is 1. The second kappa shape index (κ2) is 6.88. The van der Waals surface area contributed by atoms with Crippen LogP contribution in [0.3, 0.4) is 0 Å². The lowest BCUT2D eigenvalue weighted by atomic mass is 10.1. The van der Waals surface area contributed by atoms with Crippen LogP contribution in [0.1, 0.15) is 22.8 Å². The number of nitro benzene ring substituents is 1. The van der Waals surface area contributed by atoms with Crippen LogP contribution < -0.4 is 0 Å². The van der Waals surface area contributed by atoms with E-state index in [0.717, 1.165) is 22.3 Å². The van der Waals surface area contributed by atoms with Crippen molar-refractivity contribution in [3.63, 3.8) is 0 Å². The van der Waals surface area contributed by atoms with Gasteiger partial charge in [0.15, 0.2) is 6.10 Å². The molecule has 0 spiro atoms. The Hall–Kier alpha value is -3.73. The maximum absolute atomic E-state index is 12.4. The van der Waals surface area contributed by atoms with E-state index in [9.17, 15) is 14.9 Å². The Bertz CT molecular complexity index is 1030. The summed E-state index contributed by atoms with van der Waals surface area (Å²) in [5.74, 6) is -0.551. The Labute approximate surface area is 155 Å². The molecule has 5 heteroatoms. The summed E-state index contributed by atoms with van der Waals surface area (Å²) in [5.41, 5.74) is 4.27. The van der Waals surface area contributed by atoms with E-state index in [-0.39, 0.29) is 5.69 Å². The molecule has 0 saturated carbocycles. The normalized spacial score (nSPS) is 12.6. The average Bonchev–Trinajstić information content (AvgIpc) is 3.01. The van der Waals surface area contributed by atoms with Crippen LogP contribution in [0.25, 0.3) is 17.2 Å². The van der Waals surface area contributed by atoms with Crippen molar-refractivity contribution in [3.05, 3.63) is 106 Å².